The highest BCUT2D eigenvalue weighted by Gasteiger charge is 2.23. The number of carbonyl (C=O) groups excluding carboxylic acids is 1. The van der Waals surface area contributed by atoms with E-state index >= 15 is 0 Å². The monoisotopic (exact) mass is 490 g/mol. The predicted octanol–water partition coefficient (Wildman–Crippen LogP) is 2.92. The molecule has 7 nitrogen and oxygen atoms in total. The van der Waals surface area contributed by atoms with Crippen LogP contribution < -0.4 is 10.9 Å². The number of benzene rings is 1. The van der Waals surface area contributed by atoms with Crippen molar-refractivity contribution in [3.05, 3.63) is 57.3 Å². The maximum atomic E-state index is 13.2. The van der Waals surface area contributed by atoms with Gasteiger partial charge in [-0.3, -0.25) is 19.1 Å². The first-order valence-electron chi connectivity index (χ1n) is 11.9. The molecule has 0 bridgehead atoms. The van der Waals surface area contributed by atoms with Crippen molar-refractivity contribution in [3.8, 4) is 0 Å². The summed E-state index contributed by atoms with van der Waals surface area (Å²) < 4.78 is 20.1. The number of morpholine rings is 1. The fraction of sp³-hybridized carbons (Fsp3) is 0.560. The Kier molecular flexibility index (Phi) is 10.1. The van der Waals surface area contributed by atoms with Crippen molar-refractivity contribution in [2.45, 2.75) is 49.9 Å². The second-order valence-electron chi connectivity index (χ2n) is 8.62. The van der Waals surface area contributed by atoms with Crippen LogP contribution in [0.15, 0.2) is 34.2 Å². The number of carbonyl (C=O) groups is 1. The average Bonchev–Trinajstić information content (AvgIpc) is 2.84. The second kappa shape index (κ2) is 13.0. The van der Waals surface area contributed by atoms with Crippen LogP contribution in [-0.2, 0) is 23.0 Å². The lowest BCUT2D eigenvalue weighted by molar-refractivity contribution is -0.120. The minimum absolute atomic E-state index is 0.0194. The molecule has 1 N–H and O–H groups in total. The fourth-order valence-electron chi connectivity index (χ4n) is 3.88. The van der Waals surface area contributed by atoms with E-state index < -0.39 is 0 Å². The second-order valence-corrected chi connectivity index (χ2v) is 9.79. The lowest BCUT2D eigenvalue weighted by Crippen LogP contribution is -2.43. The number of hydrogen-bond donors (Lipinski definition) is 1. The molecule has 9 heteroatoms. The Bertz CT molecular complexity index is 1010. The Morgan fingerprint density at radius 1 is 1.26 bits per heavy atom. The molecule has 186 valence electrons. The van der Waals surface area contributed by atoms with Crippen molar-refractivity contribution in [2.75, 3.05) is 39.4 Å². The van der Waals surface area contributed by atoms with Gasteiger partial charge in [0, 0.05) is 50.9 Å². The van der Waals surface area contributed by atoms with Crippen LogP contribution in [-0.4, -0.2) is 65.0 Å². The maximum Gasteiger partial charge on any atom is 0.257 e. The third-order valence-electron chi connectivity index (χ3n) is 6.03. The molecule has 0 aliphatic carbocycles. The van der Waals surface area contributed by atoms with Crippen molar-refractivity contribution < 1.29 is 13.9 Å². The van der Waals surface area contributed by atoms with Crippen molar-refractivity contribution in [3.63, 3.8) is 0 Å². The highest BCUT2D eigenvalue weighted by molar-refractivity contribution is 8.00. The molecule has 1 amide bonds. The molecular weight excluding hydrogens is 455 g/mol. The summed E-state index contributed by atoms with van der Waals surface area (Å²) >= 11 is 1.35. The van der Waals surface area contributed by atoms with E-state index in [2.05, 4.69) is 22.1 Å². The Morgan fingerprint density at radius 2 is 1.97 bits per heavy atom. The highest BCUT2D eigenvalue weighted by Crippen LogP contribution is 2.25. The summed E-state index contributed by atoms with van der Waals surface area (Å²) in [5.41, 5.74) is 1.93. The predicted molar refractivity (Wildman–Crippen MR) is 133 cm³/mol. The van der Waals surface area contributed by atoms with Crippen LogP contribution in [0.4, 0.5) is 4.39 Å². The molecule has 0 radical (unpaired) electrons. The van der Waals surface area contributed by atoms with Crippen LogP contribution in [0.2, 0.25) is 0 Å². The van der Waals surface area contributed by atoms with Gasteiger partial charge in [-0.2, -0.15) is 0 Å². The Hall–Kier alpha value is -2.23. The average molecular weight is 491 g/mol. The molecule has 1 saturated heterocycles. The number of rotatable bonds is 11. The van der Waals surface area contributed by atoms with Gasteiger partial charge in [0.05, 0.1) is 18.5 Å². The normalized spacial score (nSPS) is 15.3. The molecule has 1 fully saturated rings. The van der Waals surface area contributed by atoms with Crippen LogP contribution in [0.25, 0.3) is 0 Å². The van der Waals surface area contributed by atoms with Crippen LogP contribution >= 0.6 is 11.8 Å². The zero-order valence-corrected chi connectivity index (χ0v) is 21.1. The number of hydrogen-bond acceptors (Lipinski definition) is 6. The number of aryl methyl sites for hydroxylation is 1. The number of nitrogens with zero attached hydrogens (tertiary/aromatic N) is 3. The van der Waals surface area contributed by atoms with Gasteiger partial charge in [-0.05, 0) is 31.0 Å². The summed E-state index contributed by atoms with van der Waals surface area (Å²) in [6.07, 6.45) is 3.01. The number of amides is 1. The quantitative estimate of drug-likeness (QED) is 0.386. The summed E-state index contributed by atoms with van der Waals surface area (Å²) in [6.45, 7) is 8.55. The molecule has 3 rings (SSSR count). The minimum atomic E-state index is -0.315. The molecule has 1 unspecified atom stereocenters. The molecule has 2 heterocycles. The molecular formula is C25H35FN4O3S. The number of ether oxygens (including phenoxy) is 1. The topological polar surface area (TPSA) is 76.5 Å². The Morgan fingerprint density at radius 3 is 2.65 bits per heavy atom. The van der Waals surface area contributed by atoms with Crippen LogP contribution in [0, 0.1) is 12.7 Å². The Balaban J connectivity index is 1.69. The smallest absolute Gasteiger partial charge is 0.257 e. The van der Waals surface area contributed by atoms with Gasteiger partial charge in [0.1, 0.15) is 5.82 Å². The van der Waals surface area contributed by atoms with Gasteiger partial charge >= 0.3 is 0 Å². The molecule has 2 aromatic rings. The minimum Gasteiger partial charge on any atom is -0.379 e. The summed E-state index contributed by atoms with van der Waals surface area (Å²) in [6, 6.07) is 6.14. The number of halogens is 1. The molecule has 1 aromatic heterocycles. The maximum absolute atomic E-state index is 13.2. The molecule has 1 aliphatic heterocycles. The van der Waals surface area contributed by atoms with Crippen molar-refractivity contribution in [1.82, 2.24) is 19.8 Å². The molecule has 34 heavy (non-hydrogen) atoms. The van der Waals surface area contributed by atoms with Crippen molar-refractivity contribution >= 4 is 17.7 Å². The third kappa shape index (κ3) is 7.38. The largest absolute Gasteiger partial charge is 0.379 e. The lowest BCUT2D eigenvalue weighted by atomic mass is 10.1. The van der Waals surface area contributed by atoms with E-state index in [4.69, 9.17) is 4.74 Å². The standard InChI is InChI=1S/C25H35FN4O3S/c1-4-5-6-22(23(31)27-11-12-30-13-15-33-16-14-30)34-25-28-18(2)21(24(32)29(25)3)17-19-7-9-20(26)10-8-19/h7-10,22H,4-6,11-17H2,1-3H3,(H,27,31). The summed E-state index contributed by atoms with van der Waals surface area (Å²) in [5, 5.41) is 3.29. The molecule has 0 saturated carbocycles. The molecule has 0 spiro atoms. The van der Waals surface area contributed by atoms with E-state index in [0.717, 1.165) is 57.7 Å². The molecule has 1 aliphatic rings. The van der Waals surface area contributed by atoms with Crippen molar-refractivity contribution in [2.24, 2.45) is 7.05 Å². The SMILES string of the molecule is CCCCC(Sc1nc(C)c(Cc2ccc(F)cc2)c(=O)n1C)C(=O)NCCN1CCOCC1. The van der Waals surface area contributed by atoms with Crippen LogP contribution in [0.3, 0.4) is 0 Å². The zero-order chi connectivity index (χ0) is 24.5. The number of unbranched alkanes of at least 4 members (excludes halogenated alkanes) is 1. The van der Waals surface area contributed by atoms with Crippen molar-refractivity contribution in [1.29, 1.82) is 0 Å². The first kappa shape index (κ1) is 26.4. The first-order valence-corrected chi connectivity index (χ1v) is 12.8. The third-order valence-corrected chi connectivity index (χ3v) is 7.35. The van der Waals surface area contributed by atoms with E-state index in [1.165, 1.54) is 28.5 Å². The van der Waals surface area contributed by atoms with E-state index in [9.17, 15) is 14.0 Å². The van der Waals surface area contributed by atoms with Gasteiger partial charge < -0.3 is 10.1 Å². The fourth-order valence-corrected chi connectivity index (χ4v) is 5.04. The van der Waals surface area contributed by atoms with E-state index in [0.29, 0.717) is 29.4 Å². The number of nitrogens with one attached hydrogen (secondary N) is 1. The van der Waals surface area contributed by atoms with E-state index in [1.807, 2.05) is 6.92 Å². The van der Waals surface area contributed by atoms with Gasteiger partial charge in [0.15, 0.2) is 5.16 Å². The zero-order valence-electron chi connectivity index (χ0n) is 20.3. The van der Waals surface area contributed by atoms with Gasteiger partial charge in [-0.25, -0.2) is 9.37 Å². The van der Waals surface area contributed by atoms with Crippen LogP contribution in [0.1, 0.15) is 43.0 Å². The van der Waals surface area contributed by atoms with E-state index in [-0.39, 0.29) is 22.5 Å². The summed E-state index contributed by atoms with van der Waals surface area (Å²) in [5.74, 6) is -0.325. The molecule has 1 atom stereocenters. The van der Waals surface area contributed by atoms with Gasteiger partial charge in [0.2, 0.25) is 5.91 Å². The van der Waals surface area contributed by atoms with Crippen LogP contribution in [0.5, 0.6) is 0 Å². The summed E-state index contributed by atoms with van der Waals surface area (Å²) in [4.78, 5) is 33.1. The highest BCUT2D eigenvalue weighted by atomic mass is 32.2. The first-order chi connectivity index (χ1) is 16.4. The lowest BCUT2D eigenvalue weighted by Gasteiger charge is -2.26. The van der Waals surface area contributed by atoms with Gasteiger partial charge in [-0.1, -0.05) is 43.7 Å². The summed E-state index contributed by atoms with van der Waals surface area (Å²) in [7, 11) is 1.69. The molecule has 1 aromatic carbocycles. The van der Waals surface area contributed by atoms with Gasteiger partial charge in [0.25, 0.3) is 5.56 Å². The number of thioether (sulfide) groups is 1. The Labute approximate surface area is 205 Å². The van der Waals surface area contributed by atoms with Gasteiger partial charge in [-0.15, -0.1) is 0 Å². The van der Waals surface area contributed by atoms with E-state index in [1.54, 1.807) is 19.2 Å². The number of aromatic nitrogens is 2.